The molecule has 2 aliphatic carbocycles. The molecule has 0 aromatic rings. The van der Waals surface area contributed by atoms with Crippen molar-refractivity contribution in [3.63, 3.8) is 0 Å². The average molecular weight is 566 g/mol. The van der Waals surface area contributed by atoms with Gasteiger partial charge in [0, 0.05) is 6.04 Å². The summed E-state index contributed by atoms with van der Waals surface area (Å²) >= 11 is 0. The molecule has 0 fully saturated rings. The second-order valence-electron chi connectivity index (χ2n) is 14.1. The predicted octanol–water partition coefficient (Wildman–Crippen LogP) is 11.9. The van der Waals surface area contributed by atoms with Crippen LogP contribution in [0.1, 0.15) is 108 Å². The van der Waals surface area contributed by atoms with Gasteiger partial charge in [-0.3, -0.25) is 0 Å². The quantitative estimate of drug-likeness (QED) is 0.262. The molecule has 0 saturated heterocycles. The summed E-state index contributed by atoms with van der Waals surface area (Å²) in [5.74, 6) is 0. The van der Waals surface area contributed by atoms with E-state index >= 15 is 0 Å². The molecule has 1 heteroatoms. The lowest BCUT2D eigenvalue weighted by Gasteiger charge is -2.36. The third kappa shape index (κ3) is 11.8. The van der Waals surface area contributed by atoms with Crippen molar-refractivity contribution >= 4 is 0 Å². The van der Waals surface area contributed by atoms with Gasteiger partial charge >= 0.3 is 0 Å². The summed E-state index contributed by atoms with van der Waals surface area (Å²) in [6.07, 6.45) is 34.5. The van der Waals surface area contributed by atoms with Gasteiger partial charge in [0.1, 0.15) is 0 Å². The SMILES string of the molecule is CC1=C(/C=C/C(C)=C/C=C/C(C)=C/C=C/C=C(C)/C=C(C)/C=C(C)/C=C/C2=C(C)CC(N)CC2(C)C)C(C)(C)CCC1. The Bertz CT molecular complexity index is 1300. The topological polar surface area (TPSA) is 26.0 Å². The zero-order valence-corrected chi connectivity index (χ0v) is 28.7. The molecule has 0 aromatic heterocycles. The summed E-state index contributed by atoms with van der Waals surface area (Å²) in [7, 11) is 0. The number of hydrogen-bond acceptors (Lipinski definition) is 1. The fourth-order valence-corrected chi connectivity index (χ4v) is 6.46. The molecule has 0 bridgehead atoms. The molecule has 1 nitrogen and oxygen atoms in total. The van der Waals surface area contributed by atoms with Crippen LogP contribution in [0.25, 0.3) is 0 Å². The van der Waals surface area contributed by atoms with Crippen molar-refractivity contribution in [3.05, 3.63) is 129 Å². The summed E-state index contributed by atoms with van der Waals surface area (Å²) in [6, 6.07) is 0.277. The molecule has 2 aliphatic rings. The highest BCUT2D eigenvalue weighted by atomic mass is 14.6. The van der Waals surface area contributed by atoms with Crippen molar-refractivity contribution in [3.8, 4) is 0 Å². The maximum Gasteiger partial charge on any atom is 0.00844 e. The molecular weight excluding hydrogens is 506 g/mol. The molecule has 0 spiro atoms. The van der Waals surface area contributed by atoms with Gasteiger partial charge in [-0.15, -0.1) is 0 Å². The number of nitrogens with two attached hydrogens (primary N) is 1. The van der Waals surface area contributed by atoms with Crippen LogP contribution < -0.4 is 5.73 Å². The Labute approximate surface area is 259 Å². The minimum Gasteiger partial charge on any atom is -0.327 e. The predicted molar refractivity (Wildman–Crippen MR) is 189 cm³/mol. The van der Waals surface area contributed by atoms with Crippen molar-refractivity contribution in [1.29, 1.82) is 0 Å². The van der Waals surface area contributed by atoms with E-state index in [1.807, 2.05) is 0 Å². The van der Waals surface area contributed by atoms with E-state index in [2.05, 4.69) is 155 Å². The lowest BCUT2D eigenvalue weighted by molar-refractivity contribution is 0.344. The normalized spacial score (nSPS) is 23.5. The number of hydrogen-bond donors (Lipinski definition) is 1. The first-order chi connectivity index (χ1) is 19.6. The van der Waals surface area contributed by atoms with Crippen LogP contribution in [-0.4, -0.2) is 6.04 Å². The van der Waals surface area contributed by atoms with E-state index in [-0.39, 0.29) is 16.9 Å². The van der Waals surface area contributed by atoms with E-state index in [0.29, 0.717) is 0 Å². The van der Waals surface area contributed by atoms with Gasteiger partial charge in [0.05, 0.1) is 0 Å². The van der Waals surface area contributed by atoms with Crippen LogP contribution in [0.15, 0.2) is 129 Å². The molecule has 0 heterocycles. The molecule has 0 aliphatic heterocycles. The first-order valence-corrected chi connectivity index (χ1v) is 15.9. The molecule has 2 rings (SSSR count). The summed E-state index contributed by atoms with van der Waals surface area (Å²) in [5, 5.41) is 0. The first kappa shape index (κ1) is 35.3. The summed E-state index contributed by atoms with van der Waals surface area (Å²) in [6.45, 7) is 24.7. The Kier molecular flexibility index (Phi) is 13.5. The highest BCUT2D eigenvalue weighted by Crippen LogP contribution is 2.41. The smallest absolute Gasteiger partial charge is 0.00844 e. The summed E-state index contributed by atoms with van der Waals surface area (Å²) in [5.41, 5.74) is 18.8. The molecular formula is C41H59N. The van der Waals surface area contributed by atoms with Crippen molar-refractivity contribution in [2.45, 2.75) is 114 Å². The monoisotopic (exact) mass is 565 g/mol. The Balaban J connectivity index is 1.95. The van der Waals surface area contributed by atoms with Gasteiger partial charge in [-0.25, -0.2) is 0 Å². The van der Waals surface area contributed by atoms with Crippen molar-refractivity contribution in [2.24, 2.45) is 16.6 Å². The van der Waals surface area contributed by atoms with Gasteiger partial charge in [0.25, 0.3) is 0 Å². The van der Waals surface area contributed by atoms with Crippen LogP contribution in [0.3, 0.4) is 0 Å². The molecule has 0 radical (unpaired) electrons. The molecule has 0 amide bonds. The summed E-state index contributed by atoms with van der Waals surface area (Å²) < 4.78 is 0. The molecule has 42 heavy (non-hydrogen) atoms. The standard InChI is InChI=1S/C41H59N/c1-30(18-14-19-31(2)21-23-38-35(6)20-15-25-40(38,8)9)16-12-13-17-32(3)26-34(5)27-33(4)22-24-39-36(7)28-37(42)29-41(39,10)11/h12-14,16-19,21-24,26-27,37H,15,20,25,28-29,42H2,1-11H3/b13-12+,18-14+,23-21+,24-22+,30-16+,31-19+,32-17+,33-27+,34-26+. The minimum atomic E-state index is 0.133. The molecule has 1 unspecified atom stereocenters. The highest BCUT2D eigenvalue weighted by molar-refractivity contribution is 5.40. The Morgan fingerprint density at radius 3 is 1.79 bits per heavy atom. The minimum absolute atomic E-state index is 0.133. The molecule has 1 atom stereocenters. The van der Waals surface area contributed by atoms with Crippen LogP contribution >= 0.6 is 0 Å². The third-order valence-corrected chi connectivity index (χ3v) is 8.56. The van der Waals surface area contributed by atoms with Gasteiger partial charge < -0.3 is 5.73 Å². The number of rotatable bonds is 10. The Hall–Kier alpha value is -2.90. The van der Waals surface area contributed by atoms with Gasteiger partial charge in [-0.1, -0.05) is 146 Å². The molecule has 2 N–H and O–H groups in total. The van der Waals surface area contributed by atoms with Gasteiger partial charge in [-0.05, 0) is 103 Å². The zero-order valence-electron chi connectivity index (χ0n) is 28.7. The van der Waals surface area contributed by atoms with E-state index in [1.165, 1.54) is 63.8 Å². The highest BCUT2D eigenvalue weighted by Gasteiger charge is 2.30. The maximum absolute atomic E-state index is 6.26. The van der Waals surface area contributed by atoms with Gasteiger partial charge in [-0.2, -0.15) is 0 Å². The van der Waals surface area contributed by atoms with E-state index < -0.39 is 0 Å². The van der Waals surface area contributed by atoms with Crippen molar-refractivity contribution in [2.75, 3.05) is 0 Å². The van der Waals surface area contributed by atoms with Crippen LogP contribution in [0.5, 0.6) is 0 Å². The number of allylic oxidation sites excluding steroid dienone is 21. The fourth-order valence-electron chi connectivity index (χ4n) is 6.46. The Morgan fingerprint density at radius 1 is 0.643 bits per heavy atom. The average Bonchev–Trinajstić information content (AvgIpc) is 2.84. The van der Waals surface area contributed by atoms with Crippen LogP contribution in [0.4, 0.5) is 0 Å². The fraction of sp³-hybridized carbons (Fsp3) is 0.463. The molecule has 0 aromatic carbocycles. The van der Waals surface area contributed by atoms with Crippen LogP contribution in [-0.2, 0) is 0 Å². The third-order valence-electron chi connectivity index (χ3n) is 8.56. The second-order valence-corrected chi connectivity index (χ2v) is 14.1. The van der Waals surface area contributed by atoms with Gasteiger partial charge in [0.15, 0.2) is 0 Å². The van der Waals surface area contributed by atoms with E-state index in [9.17, 15) is 0 Å². The second kappa shape index (κ2) is 16.1. The zero-order chi connectivity index (χ0) is 31.5. The van der Waals surface area contributed by atoms with Crippen LogP contribution in [0, 0.1) is 10.8 Å². The first-order valence-electron chi connectivity index (χ1n) is 15.9. The van der Waals surface area contributed by atoms with E-state index in [4.69, 9.17) is 5.73 Å². The lowest BCUT2D eigenvalue weighted by Crippen LogP contribution is -2.33. The van der Waals surface area contributed by atoms with E-state index in [1.54, 1.807) is 5.57 Å². The Morgan fingerprint density at radius 2 is 1.17 bits per heavy atom. The van der Waals surface area contributed by atoms with Gasteiger partial charge in [0.2, 0.25) is 0 Å². The summed E-state index contributed by atoms with van der Waals surface area (Å²) in [4.78, 5) is 0. The lowest BCUT2D eigenvalue weighted by atomic mass is 9.71. The molecule has 0 saturated carbocycles. The molecule has 228 valence electrons. The van der Waals surface area contributed by atoms with E-state index in [0.717, 1.165) is 12.8 Å². The van der Waals surface area contributed by atoms with Crippen LogP contribution in [0.2, 0.25) is 0 Å². The van der Waals surface area contributed by atoms with Crippen molar-refractivity contribution < 1.29 is 0 Å². The van der Waals surface area contributed by atoms with Crippen molar-refractivity contribution in [1.82, 2.24) is 0 Å². The maximum atomic E-state index is 6.26. The largest absolute Gasteiger partial charge is 0.327 e.